The number of hydrogen-bond acceptors (Lipinski definition) is 5. The summed E-state index contributed by atoms with van der Waals surface area (Å²) in [5.41, 5.74) is 0. The van der Waals surface area contributed by atoms with Crippen LogP contribution >= 0.6 is 7.82 Å². The minimum absolute atomic E-state index is 0.0797. The SMILES string of the molecule is CCCCCCCCCCCCCCCCCCCCCCCCCCCCCCCCCCCCCCC(=O)NC(COP(=O)(O)OCC[N+](C)(C)C)C(O)CCCCCCCCCCCCCCCCCCCCCCCCCCCCCCCCCC. The Morgan fingerprint density at radius 3 is 0.744 bits per heavy atom. The van der Waals surface area contributed by atoms with E-state index >= 15 is 0 Å². The average Bonchev–Trinajstić information content (AvgIpc) is 3.73. The zero-order chi connectivity index (χ0) is 65.5. The maximum absolute atomic E-state index is 13.1. The van der Waals surface area contributed by atoms with Gasteiger partial charge in [-0.15, -0.1) is 0 Å². The molecule has 0 heterocycles. The summed E-state index contributed by atoms with van der Waals surface area (Å²) in [4.78, 5) is 23.5. The number of quaternary nitrogens is 1. The first kappa shape index (κ1) is 89.5. The van der Waals surface area contributed by atoms with Crippen molar-refractivity contribution in [3.63, 3.8) is 0 Å². The Labute approximate surface area is 565 Å². The van der Waals surface area contributed by atoms with Gasteiger partial charge in [-0.2, -0.15) is 0 Å². The monoisotopic (exact) mass is 1290 g/mol. The van der Waals surface area contributed by atoms with Gasteiger partial charge < -0.3 is 19.8 Å². The number of aliphatic hydroxyl groups excluding tert-OH is 1. The zero-order valence-corrected chi connectivity index (χ0v) is 63.1. The molecule has 0 saturated heterocycles. The van der Waals surface area contributed by atoms with Crippen LogP contribution in [0, 0.1) is 0 Å². The Hall–Kier alpha value is -0.500. The van der Waals surface area contributed by atoms with E-state index in [1.165, 1.54) is 398 Å². The van der Waals surface area contributed by atoms with E-state index in [1.54, 1.807) is 0 Å². The van der Waals surface area contributed by atoms with Gasteiger partial charge in [0.15, 0.2) is 0 Å². The topological polar surface area (TPSA) is 105 Å². The van der Waals surface area contributed by atoms with Crippen LogP contribution in [0.5, 0.6) is 0 Å². The standard InChI is InChI=1S/C81H165N2O6P/c1-6-8-10-12-14-16-18-20-22-24-26-28-30-32-34-36-38-40-41-42-43-45-47-49-51-53-55-57-59-61-63-65-67-69-71-73-75-81(85)82-79(78-89-90(86,87)88-77-76-83(3,4)5)80(84)74-72-70-68-66-64-62-60-58-56-54-52-50-48-46-44-39-37-35-33-31-29-27-25-23-21-19-17-15-13-11-9-7-2/h79-80,84H,6-78H2,1-5H3,(H-,82,85,86,87)/p+1. The lowest BCUT2D eigenvalue weighted by atomic mass is 10.0. The molecule has 0 spiro atoms. The fourth-order valence-corrected chi connectivity index (χ4v) is 14.2. The Morgan fingerprint density at radius 2 is 0.533 bits per heavy atom. The van der Waals surface area contributed by atoms with Crippen LogP contribution in [0.15, 0.2) is 0 Å². The Balaban J connectivity index is 3.87. The van der Waals surface area contributed by atoms with Gasteiger partial charge in [-0.25, -0.2) is 4.57 Å². The summed E-state index contributed by atoms with van der Waals surface area (Å²) in [5.74, 6) is -0.131. The summed E-state index contributed by atoms with van der Waals surface area (Å²) < 4.78 is 24.0. The van der Waals surface area contributed by atoms with Crippen molar-refractivity contribution in [3.05, 3.63) is 0 Å². The molecule has 0 fully saturated rings. The van der Waals surface area contributed by atoms with Crippen LogP contribution in [0.4, 0.5) is 0 Å². The third-order valence-corrected chi connectivity index (χ3v) is 20.8. The Kier molecular flexibility index (Phi) is 72.4. The van der Waals surface area contributed by atoms with E-state index in [0.717, 1.165) is 38.5 Å². The predicted molar refractivity (Wildman–Crippen MR) is 397 cm³/mol. The molecule has 0 rings (SSSR count). The van der Waals surface area contributed by atoms with Crippen molar-refractivity contribution in [1.29, 1.82) is 0 Å². The lowest BCUT2D eigenvalue weighted by molar-refractivity contribution is -0.870. The molecular weight excluding hydrogens is 1130 g/mol. The molecule has 3 N–H and O–H groups in total. The number of hydrogen-bond donors (Lipinski definition) is 3. The van der Waals surface area contributed by atoms with Crippen molar-refractivity contribution in [1.82, 2.24) is 5.32 Å². The van der Waals surface area contributed by atoms with E-state index in [2.05, 4.69) is 19.2 Å². The number of phosphoric ester groups is 1. The molecule has 0 aromatic heterocycles. The first-order chi connectivity index (χ1) is 44.0. The second kappa shape index (κ2) is 72.8. The number of likely N-dealkylation sites (N-methyl/N-ethyl adjacent to an activating group) is 1. The van der Waals surface area contributed by atoms with E-state index < -0.39 is 20.0 Å². The maximum atomic E-state index is 13.1. The number of amides is 1. The minimum atomic E-state index is -4.33. The number of aliphatic hydroxyl groups is 1. The van der Waals surface area contributed by atoms with Gasteiger partial charge in [-0.3, -0.25) is 13.8 Å². The zero-order valence-electron chi connectivity index (χ0n) is 62.2. The van der Waals surface area contributed by atoms with Gasteiger partial charge >= 0.3 is 7.82 Å². The molecule has 0 bridgehead atoms. The smallest absolute Gasteiger partial charge is 0.391 e. The summed E-state index contributed by atoms with van der Waals surface area (Å²) in [6, 6.07) is -0.758. The van der Waals surface area contributed by atoms with Crippen LogP contribution in [0.3, 0.4) is 0 Å². The van der Waals surface area contributed by atoms with Gasteiger partial charge in [0.2, 0.25) is 5.91 Å². The Morgan fingerprint density at radius 1 is 0.333 bits per heavy atom. The summed E-state index contributed by atoms with van der Waals surface area (Å²) in [6.45, 7) is 4.98. The van der Waals surface area contributed by atoms with E-state index in [-0.39, 0.29) is 19.1 Å². The number of carbonyl (C=O) groups excluding carboxylic acids is 1. The first-order valence-corrected chi connectivity index (χ1v) is 42.9. The number of nitrogens with one attached hydrogen (secondary N) is 1. The van der Waals surface area contributed by atoms with Gasteiger partial charge in [-0.05, 0) is 12.8 Å². The van der Waals surface area contributed by atoms with E-state index in [4.69, 9.17) is 9.05 Å². The molecular formula is C81H166N2O6P+. The molecule has 1 amide bonds. The Bertz CT molecular complexity index is 1430. The highest BCUT2D eigenvalue weighted by Crippen LogP contribution is 2.43. The van der Waals surface area contributed by atoms with Crippen LogP contribution in [0.1, 0.15) is 463 Å². The highest BCUT2D eigenvalue weighted by atomic mass is 31.2. The van der Waals surface area contributed by atoms with Crippen LogP contribution in [0.2, 0.25) is 0 Å². The normalized spacial score (nSPS) is 13.4. The largest absolute Gasteiger partial charge is 0.472 e. The van der Waals surface area contributed by atoms with Crippen LogP contribution < -0.4 is 5.32 Å². The van der Waals surface area contributed by atoms with Gasteiger partial charge in [0.1, 0.15) is 13.2 Å². The van der Waals surface area contributed by atoms with Crippen molar-refractivity contribution >= 4 is 13.7 Å². The number of nitrogens with zero attached hydrogens (tertiary/aromatic N) is 1. The summed E-state index contributed by atoms with van der Waals surface area (Å²) in [7, 11) is 1.65. The number of phosphoric acid groups is 1. The van der Waals surface area contributed by atoms with Crippen molar-refractivity contribution in [2.24, 2.45) is 0 Å². The second-order valence-corrected chi connectivity index (χ2v) is 31.7. The van der Waals surface area contributed by atoms with E-state index in [9.17, 15) is 19.4 Å². The molecule has 540 valence electrons. The van der Waals surface area contributed by atoms with Crippen molar-refractivity contribution in [3.8, 4) is 0 Å². The molecule has 0 radical (unpaired) electrons. The summed E-state index contributed by atoms with van der Waals surface area (Å²) in [5, 5.41) is 14.2. The highest BCUT2D eigenvalue weighted by Gasteiger charge is 2.28. The molecule has 3 atom stereocenters. The third kappa shape index (κ3) is 74.9. The molecule has 9 heteroatoms. The lowest BCUT2D eigenvalue weighted by Crippen LogP contribution is -2.46. The third-order valence-electron chi connectivity index (χ3n) is 19.9. The molecule has 90 heavy (non-hydrogen) atoms. The quantitative estimate of drug-likeness (QED) is 0.0318. The van der Waals surface area contributed by atoms with E-state index in [0.29, 0.717) is 23.9 Å². The van der Waals surface area contributed by atoms with Crippen molar-refractivity contribution in [2.45, 2.75) is 475 Å². The number of rotatable bonds is 79. The molecule has 8 nitrogen and oxygen atoms in total. The van der Waals surface area contributed by atoms with Crippen molar-refractivity contribution < 1.29 is 32.9 Å². The first-order valence-electron chi connectivity index (χ1n) is 41.4. The van der Waals surface area contributed by atoms with Gasteiger partial charge in [0, 0.05) is 6.42 Å². The highest BCUT2D eigenvalue weighted by molar-refractivity contribution is 7.47. The lowest BCUT2D eigenvalue weighted by Gasteiger charge is -2.26. The fraction of sp³-hybridized carbons (Fsp3) is 0.988. The van der Waals surface area contributed by atoms with Crippen molar-refractivity contribution in [2.75, 3.05) is 40.9 Å². The predicted octanol–water partition coefficient (Wildman–Crippen LogP) is 27.0. The molecule has 0 aliphatic rings. The molecule has 0 saturated carbocycles. The van der Waals surface area contributed by atoms with E-state index in [1.807, 2.05) is 21.1 Å². The number of carbonyl (C=O) groups is 1. The molecule has 0 aliphatic carbocycles. The van der Waals surface area contributed by atoms with Crippen LogP contribution in [-0.2, 0) is 18.4 Å². The maximum Gasteiger partial charge on any atom is 0.472 e. The van der Waals surface area contributed by atoms with Gasteiger partial charge in [0.05, 0.1) is 39.9 Å². The number of unbranched alkanes of at least 4 members (excludes halogenated alkanes) is 66. The molecule has 0 aliphatic heterocycles. The van der Waals surface area contributed by atoms with Gasteiger partial charge in [0.25, 0.3) is 0 Å². The molecule has 3 unspecified atom stereocenters. The summed E-state index contributed by atoms with van der Waals surface area (Å²) >= 11 is 0. The van der Waals surface area contributed by atoms with Crippen LogP contribution in [-0.4, -0.2) is 73.4 Å². The fourth-order valence-electron chi connectivity index (χ4n) is 13.5. The average molecular weight is 1300 g/mol. The minimum Gasteiger partial charge on any atom is -0.391 e. The summed E-state index contributed by atoms with van der Waals surface area (Å²) in [6.07, 6.45) is 94.2. The molecule has 0 aromatic rings. The van der Waals surface area contributed by atoms with Crippen LogP contribution in [0.25, 0.3) is 0 Å². The van der Waals surface area contributed by atoms with Gasteiger partial charge in [-0.1, -0.05) is 444 Å². The molecule has 0 aromatic carbocycles. The second-order valence-electron chi connectivity index (χ2n) is 30.2.